The van der Waals surface area contributed by atoms with Crippen molar-refractivity contribution in [1.82, 2.24) is 25.3 Å². The van der Waals surface area contributed by atoms with E-state index in [2.05, 4.69) is 31.5 Å². The number of H-pyrrole nitrogens is 1. The summed E-state index contributed by atoms with van der Waals surface area (Å²) in [6.07, 6.45) is 11.6. The molecule has 2 saturated heterocycles. The lowest BCUT2D eigenvalue weighted by Gasteiger charge is -2.47. The number of fused-ring (bicyclic) bond motifs is 1. The van der Waals surface area contributed by atoms with Crippen LogP contribution in [0.1, 0.15) is 68.5 Å². The number of carbonyl (C=O) groups excluding carboxylic acids is 1. The van der Waals surface area contributed by atoms with Gasteiger partial charge in [-0.25, -0.2) is 0 Å². The zero-order valence-electron chi connectivity index (χ0n) is 16.8. The molecule has 6 nitrogen and oxygen atoms in total. The molecule has 0 bridgehead atoms. The van der Waals surface area contributed by atoms with Gasteiger partial charge in [0, 0.05) is 62.4 Å². The van der Waals surface area contributed by atoms with Crippen LogP contribution < -0.4 is 5.32 Å². The molecule has 1 aliphatic carbocycles. The number of rotatable bonds is 6. The summed E-state index contributed by atoms with van der Waals surface area (Å²) < 4.78 is 0. The van der Waals surface area contributed by atoms with Crippen LogP contribution in [0.25, 0.3) is 0 Å². The van der Waals surface area contributed by atoms with E-state index >= 15 is 0 Å². The van der Waals surface area contributed by atoms with E-state index in [1.54, 1.807) is 0 Å². The Morgan fingerprint density at radius 3 is 2.89 bits per heavy atom. The van der Waals surface area contributed by atoms with Crippen molar-refractivity contribution in [3.63, 3.8) is 0 Å². The van der Waals surface area contributed by atoms with E-state index in [9.17, 15) is 4.79 Å². The van der Waals surface area contributed by atoms with Crippen LogP contribution in [0.2, 0.25) is 0 Å². The molecule has 27 heavy (non-hydrogen) atoms. The van der Waals surface area contributed by atoms with Crippen molar-refractivity contribution in [1.29, 1.82) is 0 Å². The standard InChI is InChI=1S/C21H35N5O/c1-22-10-12-26-19-9-11-25(14-17(19)7-8-20(26)27)15-18-13-23-24-21(18)16-5-3-2-4-6-16/h13,16-17,19,22H,2-12,14-15H2,1H3,(H,23,24)/t17-,19+/m0/s1. The van der Waals surface area contributed by atoms with Gasteiger partial charge in [0.25, 0.3) is 0 Å². The van der Waals surface area contributed by atoms with Gasteiger partial charge in [0.15, 0.2) is 0 Å². The second-order valence-corrected chi connectivity index (χ2v) is 8.72. The van der Waals surface area contributed by atoms with Gasteiger partial charge >= 0.3 is 0 Å². The molecule has 2 aliphatic heterocycles. The molecular formula is C21H35N5O. The van der Waals surface area contributed by atoms with Crippen molar-refractivity contribution in [3.05, 3.63) is 17.5 Å². The van der Waals surface area contributed by atoms with Crippen molar-refractivity contribution < 1.29 is 4.79 Å². The van der Waals surface area contributed by atoms with Crippen molar-refractivity contribution in [2.75, 3.05) is 33.2 Å². The molecule has 0 spiro atoms. The molecule has 1 saturated carbocycles. The van der Waals surface area contributed by atoms with Crippen molar-refractivity contribution in [3.8, 4) is 0 Å². The number of aromatic amines is 1. The van der Waals surface area contributed by atoms with Crippen molar-refractivity contribution >= 4 is 5.91 Å². The van der Waals surface area contributed by atoms with Crippen LogP contribution in [0, 0.1) is 5.92 Å². The summed E-state index contributed by atoms with van der Waals surface area (Å²) in [5.41, 5.74) is 2.80. The number of likely N-dealkylation sites (tertiary alicyclic amines) is 2. The largest absolute Gasteiger partial charge is 0.338 e. The zero-order chi connectivity index (χ0) is 18.6. The van der Waals surface area contributed by atoms with Crippen molar-refractivity contribution in [2.45, 2.75) is 69.9 Å². The quantitative estimate of drug-likeness (QED) is 0.804. The molecule has 2 atom stereocenters. The number of nitrogens with zero attached hydrogens (tertiary/aromatic N) is 3. The Morgan fingerprint density at radius 2 is 2.07 bits per heavy atom. The highest BCUT2D eigenvalue weighted by molar-refractivity contribution is 5.77. The van der Waals surface area contributed by atoms with E-state index < -0.39 is 0 Å². The monoisotopic (exact) mass is 373 g/mol. The number of likely N-dealkylation sites (N-methyl/N-ethyl adjacent to an activating group) is 1. The number of amides is 1. The highest BCUT2D eigenvalue weighted by Crippen LogP contribution is 2.35. The molecule has 150 valence electrons. The lowest BCUT2D eigenvalue weighted by atomic mass is 9.83. The van der Waals surface area contributed by atoms with Gasteiger partial charge in [-0.05, 0) is 38.6 Å². The molecule has 3 aliphatic rings. The van der Waals surface area contributed by atoms with Gasteiger partial charge in [0.2, 0.25) is 5.91 Å². The Hall–Kier alpha value is -1.40. The van der Waals surface area contributed by atoms with Crippen LogP contribution in [0.4, 0.5) is 0 Å². The van der Waals surface area contributed by atoms with E-state index in [4.69, 9.17) is 0 Å². The molecule has 6 heteroatoms. The Kier molecular flexibility index (Phi) is 6.13. The molecule has 2 N–H and O–H groups in total. The van der Waals surface area contributed by atoms with Gasteiger partial charge < -0.3 is 10.2 Å². The average molecular weight is 374 g/mol. The molecular weight excluding hydrogens is 338 g/mol. The summed E-state index contributed by atoms with van der Waals surface area (Å²) in [7, 11) is 1.96. The number of hydrogen-bond donors (Lipinski definition) is 2. The van der Waals surface area contributed by atoms with Crippen molar-refractivity contribution in [2.24, 2.45) is 5.92 Å². The van der Waals surface area contributed by atoms with Gasteiger partial charge in [-0.1, -0.05) is 19.3 Å². The van der Waals surface area contributed by atoms with Gasteiger partial charge in [0.1, 0.15) is 0 Å². The number of carbonyl (C=O) groups is 1. The summed E-state index contributed by atoms with van der Waals surface area (Å²) >= 11 is 0. The maximum Gasteiger partial charge on any atom is 0.222 e. The van der Waals surface area contributed by atoms with E-state index in [0.717, 1.165) is 52.0 Å². The third-order valence-electron chi connectivity index (χ3n) is 6.99. The normalized spacial score (nSPS) is 27.7. The molecule has 1 aromatic rings. The lowest BCUT2D eigenvalue weighted by molar-refractivity contribution is -0.141. The molecule has 0 radical (unpaired) electrons. The SMILES string of the molecule is CNCCN1C(=O)CC[C@H]2CN(Cc3cn[nH]c3C3CCCCC3)CC[C@H]21. The van der Waals surface area contributed by atoms with Gasteiger partial charge in [0.05, 0.1) is 6.20 Å². The highest BCUT2D eigenvalue weighted by Gasteiger charge is 2.39. The van der Waals surface area contributed by atoms with E-state index in [0.29, 0.717) is 23.8 Å². The Balaban J connectivity index is 1.38. The first-order valence-electron chi connectivity index (χ1n) is 10.9. The first kappa shape index (κ1) is 18.9. The van der Waals surface area contributed by atoms with Crippen LogP contribution in [0.5, 0.6) is 0 Å². The maximum atomic E-state index is 12.4. The van der Waals surface area contributed by atoms with E-state index in [-0.39, 0.29) is 0 Å². The number of piperidine rings is 2. The van der Waals surface area contributed by atoms with Crippen LogP contribution >= 0.6 is 0 Å². The maximum absolute atomic E-state index is 12.4. The van der Waals surface area contributed by atoms with E-state index in [1.165, 1.54) is 43.4 Å². The van der Waals surface area contributed by atoms with Crippen LogP contribution in [0.3, 0.4) is 0 Å². The van der Waals surface area contributed by atoms with Gasteiger partial charge in [-0.3, -0.25) is 14.8 Å². The zero-order valence-corrected chi connectivity index (χ0v) is 16.8. The molecule has 4 rings (SSSR count). The summed E-state index contributed by atoms with van der Waals surface area (Å²) in [6.45, 7) is 4.95. The number of aromatic nitrogens is 2. The number of hydrogen-bond acceptors (Lipinski definition) is 4. The fraction of sp³-hybridized carbons (Fsp3) is 0.810. The first-order chi connectivity index (χ1) is 13.3. The summed E-state index contributed by atoms with van der Waals surface area (Å²) in [6, 6.07) is 0.443. The molecule has 0 unspecified atom stereocenters. The first-order valence-corrected chi connectivity index (χ1v) is 10.9. The third kappa shape index (κ3) is 4.21. The molecule has 3 heterocycles. The highest BCUT2D eigenvalue weighted by atomic mass is 16.2. The van der Waals surface area contributed by atoms with Gasteiger partial charge in [-0.2, -0.15) is 5.10 Å². The Morgan fingerprint density at radius 1 is 1.22 bits per heavy atom. The minimum atomic E-state index is 0.356. The topological polar surface area (TPSA) is 64.3 Å². The molecule has 1 aromatic heterocycles. The smallest absolute Gasteiger partial charge is 0.222 e. The third-order valence-corrected chi connectivity index (χ3v) is 6.99. The van der Waals surface area contributed by atoms with E-state index in [1.807, 2.05) is 7.05 Å². The van der Waals surface area contributed by atoms with Crippen LogP contribution in [-0.2, 0) is 11.3 Å². The second kappa shape index (κ2) is 8.74. The minimum Gasteiger partial charge on any atom is -0.338 e. The van der Waals surface area contributed by atoms with Crippen LogP contribution in [-0.4, -0.2) is 65.2 Å². The Bertz CT molecular complexity index is 624. The second-order valence-electron chi connectivity index (χ2n) is 8.72. The molecule has 0 aromatic carbocycles. The summed E-state index contributed by atoms with van der Waals surface area (Å²) in [5.74, 6) is 1.66. The lowest BCUT2D eigenvalue weighted by Crippen LogP contribution is -2.56. The van der Waals surface area contributed by atoms with Gasteiger partial charge in [-0.15, -0.1) is 0 Å². The average Bonchev–Trinajstić information content (AvgIpc) is 3.16. The fourth-order valence-corrected chi connectivity index (χ4v) is 5.53. The number of nitrogens with one attached hydrogen (secondary N) is 2. The summed E-state index contributed by atoms with van der Waals surface area (Å²) in [4.78, 5) is 17.1. The fourth-order valence-electron chi connectivity index (χ4n) is 5.53. The predicted octanol–water partition coefficient (Wildman–Crippen LogP) is 2.49. The Labute approximate surface area is 163 Å². The van der Waals surface area contributed by atoms with Crippen LogP contribution in [0.15, 0.2) is 6.20 Å². The molecule has 1 amide bonds. The predicted molar refractivity (Wildman–Crippen MR) is 106 cm³/mol. The molecule has 3 fully saturated rings. The summed E-state index contributed by atoms with van der Waals surface area (Å²) in [5, 5.41) is 10.9. The minimum absolute atomic E-state index is 0.356.